The Bertz CT molecular complexity index is 542. The number of hydrogen-bond acceptors (Lipinski definition) is 4. The molecule has 1 aromatic heterocycles. The van der Waals surface area contributed by atoms with Crippen LogP contribution in [0.25, 0.3) is 0 Å². The summed E-state index contributed by atoms with van der Waals surface area (Å²) in [5.41, 5.74) is 2.21. The Morgan fingerprint density at radius 2 is 2.11 bits per heavy atom. The molecule has 2 N–H and O–H groups in total. The summed E-state index contributed by atoms with van der Waals surface area (Å²) in [4.78, 5) is 8.61. The van der Waals surface area contributed by atoms with E-state index >= 15 is 0 Å². The van der Waals surface area contributed by atoms with Crippen LogP contribution in [0.2, 0.25) is 0 Å². The SMILES string of the molecule is CNCc1nccc(Nc2ccc(Br)cc2C)n1. The van der Waals surface area contributed by atoms with Gasteiger partial charge < -0.3 is 10.6 Å². The van der Waals surface area contributed by atoms with Crippen LogP contribution in [-0.2, 0) is 6.54 Å². The number of rotatable bonds is 4. The van der Waals surface area contributed by atoms with Gasteiger partial charge in [0.2, 0.25) is 0 Å². The first-order valence-corrected chi connectivity index (χ1v) is 6.48. The highest BCUT2D eigenvalue weighted by molar-refractivity contribution is 9.10. The molecular formula is C13H15BrN4. The summed E-state index contributed by atoms with van der Waals surface area (Å²) in [5.74, 6) is 1.58. The van der Waals surface area contributed by atoms with Gasteiger partial charge in [0.15, 0.2) is 0 Å². The van der Waals surface area contributed by atoms with Gasteiger partial charge in [0.05, 0.1) is 6.54 Å². The van der Waals surface area contributed by atoms with Crippen molar-refractivity contribution in [2.45, 2.75) is 13.5 Å². The first-order chi connectivity index (χ1) is 8.69. The van der Waals surface area contributed by atoms with E-state index in [9.17, 15) is 0 Å². The molecular weight excluding hydrogens is 292 g/mol. The van der Waals surface area contributed by atoms with Crippen molar-refractivity contribution in [3.05, 3.63) is 46.3 Å². The lowest BCUT2D eigenvalue weighted by molar-refractivity contribution is 0.759. The lowest BCUT2D eigenvalue weighted by atomic mass is 10.2. The molecule has 0 bridgehead atoms. The zero-order valence-electron chi connectivity index (χ0n) is 10.4. The molecule has 2 aromatic rings. The minimum Gasteiger partial charge on any atom is -0.340 e. The number of halogens is 1. The second-order valence-electron chi connectivity index (χ2n) is 3.97. The van der Waals surface area contributed by atoms with E-state index in [-0.39, 0.29) is 0 Å². The fourth-order valence-corrected chi connectivity index (χ4v) is 2.09. The van der Waals surface area contributed by atoms with Crippen molar-refractivity contribution in [2.24, 2.45) is 0 Å². The summed E-state index contributed by atoms with van der Waals surface area (Å²) in [5, 5.41) is 6.33. The topological polar surface area (TPSA) is 49.8 Å². The van der Waals surface area contributed by atoms with Crippen molar-refractivity contribution < 1.29 is 0 Å². The third-order valence-electron chi connectivity index (χ3n) is 2.49. The fourth-order valence-electron chi connectivity index (χ4n) is 1.62. The van der Waals surface area contributed by atoms with E-state index in [1.54, 1.807) is 6.20 Å². The summed E-state index contributed by atoms with van der Waals surface area (Å²) < 4.78 is 1.07. The normalized spacial score (nSPS) is 10.4. The van der Waals surface area contributed by atoms with Crippen molar-refractivity contribution in [1.29, 1.82) is 0 Å². The summed E-state index contributed by atoms with van der Waals surface area (Å²) in [6.45, 7) is 2.72. The van der Waals surface area contributed by atoms with Crippen LogP contribution in [-0.4, -0.2) is 17.0 Å². The summed E-state index contributed by atoms with van der Waals surface area (Å²) in [6, 6.07) is 7.96. The molecule has 0 amide bonds. The van der Waals surface area contributed by atoms with Gasteiger partial charge in [-0.05, 0) is 43.8 Å². The van der Waals surface area contributed by atoms with Gasteiger partial charge in [-0.1, -0.05) is 15.9 Å². The maximum Gasteiger partial charge on any atom is 0.144 e. The maximum absolute atomic E-state index is 4.42. The van der Waals surface area contributed by atoms with Crippen LogP contribution in [0.3, 0.4) is 0 Å². The highest BCUT2D eigenvalue weighted by Crippen LogP contribution is 2.22. The third kappa shape index (κ3) is 3.27. The molecule has 5 heteroatoms. The van der Waals surface area contributed by atoms with Crippen LogP contribution in [0.4, 0.5) is 11.5 Å². The molecule has 1 aromatic carbocycles. The standard InChI is InChI=1S/C13H15BrN4/c1-9-7-10(14)3-4-11(9)17-12-5-6-16-13(18-12)8-15-2/h3-7,15H,8H2,1-2H3,(H,16,17,18). The monoisotopic (exact) mass is 306 g/mol. The zero-order valence-corrected chi connectivity index (χ0v) is 12.0. The first kappa shape index (κ1) is 13.0. The Labute approximate surface area is 115 Å². The minimum atomic E-state index is 0.662. The zero-order chi connectivity index (χ0) is 13.0. The van der Waals surface area contributed by atoms with Crippen LogP contribution in [0.5, 0.6) is 0 Å². The maximum atomic E-state index is 4.42. The summed E-state index contributed by atoms with van der Waals surface area (Å²) >= 11 is 3.45. The molecule has 1 heterocycles. The van der Waals surface area contributed by atoms with E-state index in [0.29, 0.717) is 6.54 Å². The van der Waals surface area contributed by atoms with Crippen molar-refractivity contribution in [2.75, 3.05) is 12.4 Å². The molecule has 0 aliphatic heterocycles. The first-order valence-electron chi connectivity index (χ1n) is 5.69. The molecule has 0 spiro atoms. The Morgan fingerprint density at radius 3 is 2.83 bits per heavy atom. The average Bonchev–Trinajstić information content (AvgIpc) is 2.34. The Morgan fingerprint density at radius 1 is 1.28 bits per heavy atom. The molecule has 0 radical (unpaired) electrons. The van der Waals surface area contributed by atoms with Crippen molar-refractivity contribution in [1.82, 2.24) is 15.3 Å². The average molecular weight is 307 g/mol. The highest BCUT2D eigenvalue weighted by atomic mass is 79.9. The predicted molar refractivity (Wildman–Crippen MR) is 77.0 cm³/mol. The van der Waals surface area contributed by atoms with Gasteiger partial charge in [-0.3, -0.25) is 0 Å². The van der Waals surface area contributed by atoms with Crippen molar-refractivity contribution in [3.8, 4) is 0 Å². The summed E-state index contributed by atoms with van der Waals surface area (Å²) in [7, 11) is 1.88. The van der Waals surface area contributed by atoms with Gasteiger partial charge in [-0.15, -0.1) is 0 Å². The van der Waals surface area contributed by atoms with Gasteiger partial charge in [0.25, 0.3) is 0 Å². The molecule has 2 rings (SSSR count). The quantitative estimate of drug-likeness (QED) is 0.911. The minimum absolute atomic E-state index is 0.662. The molecule has 4 nitrogen and oxygen atoms in total. The Hall–Kier alpha value is -1.46. The van der Waals surface area contributed by atoms with E-state index in [2.05, 4.69) is 49.5 Å². The number of benzene rings is 1. The molecule has 0 saturated carbocycles. The number of aryl methyl sites for hydroxylation is 1. The molecule has 0 aliphatic rings. The van der Waals surface area contributed by atoms with Gasteiger partial charge in [-0.2, -0.15) is 0 Å². The second-order valence-corrected chi connectivity index (χ2v) is 4.89. The van der Waals surface area contributed by atoms with Gasteiger partial charge in [-0.25, -0.2) is 9.97 Å². The fraction of sp³-hybridized carbons (Fsp3) is 0.231. The van der Waals surface area contributed by atoms with Crippen molar-refractivity contribution >= 4 is 27.4 Å². The highest BCUT2D eigenvalue weighted by Gasteiger charge is 2.02. The largest absolute Gasteiger partial charge is 0.340 e. The van der Waals surface area contributed by atoms with E-state index in [1.165, 1.54) is 0 Å². The van der Waals surface area contributed by atoms with E-state index in [4.69, 9.17) is 0 Å². The molecule has 94 valence electrons. The Balaban J connectivity index is 2.20. The molecule has 0 unspecified atom stereocenters. The molecule has 0 aliphatic carbocycles. The van der Waals surface area contributed by atoms with Gasteiger partial charge in [0, 0.05) is 16.4 Å². The van der Waals surface area contributed by atoms with Crippen LogP contribution in [0.1, 0.15) is 11.4 Å². The number of hydrogen-bond donors (Lipinski definition) is 2. The second kappa shape index (κ2) is 5.93. The molecule has 0 saturated heterocycles. The number of aromatic nitrogens is 2. The number of anilines is 2. The van der Waals surface area contributed by atoms with Crippen LogP contribution in [0.15, 0.2) is 34.9 Å². The number of nitrogens with one attached hydrogen (secondary N) is 2. The van der Waals surface area contributed by atoms with Gasteiger partial charge in [0.1, 0.15) is 11.6 Å². The number of nitrogens with zero attached hydrogens (tertiary/aromatic N) is 2. The molecule has 0 fully saturated rings. The van der Waals surface area contributed by atoms with Crippen molar-refractivity contribution in [3.63, 3.8) is 0 Å². The molecule has 18 heavy (non-hydrogen) atoms. The Kier molecular flexibility index (Phi) is 4.28. The lowest BCUT2D eigenvalue weighted by Gasteiger charge is -2.09. The van der Waals surface area contributed by atoms with E-state index in [0.717, 1.165) is 27.4 Å². The lowest BCUT2D eigenvalue weighted by Crippen LogP contribution is -2.09. The summed E-state index contributed by atoms with van der Waals surface area (Å²) in [6.07, 6.45) is 1.76. The van der Waals surface area contributed by atoms with Crippen LogP contribution < -0.4 is 10.6 Å². The van der Waals surface area contributed by atoms with Crippen LogP contribution in [0, 0.1) is 6.92 Å². The van der Waals surface area contributed by atoms with E-state index in [1.807, 2.05) is 25.2 Å². The molecule has 0 atom stereocenters. The predicted octanol–water partition coefficient (Wildman–Crippen LogP) is 3.01. The third-order valence-corrected chi connectivity index (χ3v) is 2.98. The van der Waals surface area contributed by atoms with Gasteiger partial charge >= 0.3 is 0 Å². The van der Waals surface area contributed by atoms with Crippen LogP contribution >= 0.6 is 15.9 Å². The smallest absolute Gasteiger partial charge is 0.144 e. The van der Waals surface area contributed by atoms with E-state index < -0.39 is 0 Å².